The molecule has 1 atom stereocenters. The number of fused-ring (bicyclic) bond motifs is 1. The first kappa shape index (κ1) is 26.8. The molecule has 2 heterocycles. The molecule has 0 spiro atoms. The van der Waals surface area contributed by atoms with Crippen LogP contribution in [0.4, 0.5) is 0 Å². The number of hydrogen-bond donors (Lipinski definition) is 1. The predicted molar refractivity (Wildman–Crippen MR) is 150 cm³/mol. The number of carbonyl (C=O) groups is 2. The van der Waals surface area contributed by atoms with Crippen molar-refractivity contribution >= 4 is 11.8 Å². The maximum atomic E-state index is 14.1. The first-order valence-electron chi connectivity index (χ1n) is 12.9. The standard InChI is InChI=1S/C31H32N4O5/c1-31(30(37)32-18-21-8-6-5-7-9-21)20-35-27(17-26(33-35)22-10-13-24(38-2)14-11-22)29(36)34(31)19-23-12-15-25(39-3)16-28(23)40-4/h5-17H,18-20H2,1-4H3,(H,32,37)/t31-/m1/s1. The summed E-state index contributed by atoms with van der Waals surface area (Å²) in [5.74, 6) is 1.36. The highest BCUT2D eigenvalue weighted by atomic mass is 16.5. The second kappa shape index (κ2) is 11.1. The van der Waals surface area contributed by atoms with Gasteiger partial charge in [0.2, 0.25) is 5.91 Å². The molecule has 0 radical (unpaired) electrons. The Kier molecular flexibility index (Phi) is 7.46. The Balaban J connectivity index is 1.52. The Labute approximate surface area is 233 Å². The second-order valence-corrected chi connectivity index (χ2v) is 9.81. The lowest BCUT2D eigenvalue weighted by Crippen LogP contribution is -2.63. The van der Waals surface area contributed by atoms with E-state index in [-0.39, 0.29) is 24.9 Å². The van der Waals surface area contributed by atoms with E-state index in [0.29, 0.717) is 29.4 Å². The third-order valence-corrected chi connectivity index (χ3v) is 7.29. The highest BCUT2D eigenvalue weighted by Crippen LogP contribution is 2.34. The van der Waals surface area contributed by atoms with E-state index in [4.69, 9.17) is 19.3 Å². The molecule has 206 valence electrons. The van der Waals surface area contributed by atoms with Crippen molar-refractivity contribution in [3.63, 3.8) is 0 Å². The smallest absolute Gasteiger partial charge is 0.273 e. The molecule has 9 heteroatoms. The molecule has 5 rings (SSSR count). The largest absolute Gasteiger partial charge is 0.497 e. The number of carbonyl (C=O) groups excluding carboxylic acids is 2. The number of benzene rings is 3. The fraction of sp³-hybridized carbons (Fsp3) is 0.258. The van der Waals surface area contributed by atoms with Crippen molar-refractivity contribution in [2.75, 3.05) is 21.3 Å². The van der Waals surface area contributed by atoms with Gasteiger partial charge in [0, 0.05) is 23.7 Å². The van der Waals surface area contributed by atoms with Crippen LogP contribution in [-0.4, -0.2) is 53.4 Å². The van der Waals surface area contributed by atoms with Crippen LogP contribution in [0.5, 0.6) is 17.2 Å². The van der Waals surface area contributed by atoms with Crippen molar-refractivity contribution in [3.8, 4) is 28.5 Å². The number of methoxy groups -OCH3 is 3. The molecule has 4 aromatic rings. The van der Waals surface area contributed by atoms with Gasteiger partial charge < -0.3 is 24.4 Å². The van der Waals surface area contributed by atoms with Gasteiger partial charge in [-0.2, -0.15) is 5.10 Å². The summed E-state index contributed by atoms with van der Waals surface area (Å²) in [6.45, 7) is 2.46. The Hall–Kier alpha value is -4.79. The van der Waals surface area contributed by atoms with E-state index in [1.807, 2.05) is 66.7 Å². The average molecular weight is 541 g/mol. The highest BCUT2D eigenvalue weighted by Gasteiger charge is 2.48. The molecule has 0 unspecified atom stereocenters. The lowest BCUT2D eigenvalue weighted by molar-refractivity contribution is -0.133. The third kappa shape index (κ3) is 5.10. The minimum absolute atomic E-state index is 0.157. The van der Waals surface area contributed by atoms with Gasteiger partial charge in [0.05, 0.1) is 40.1 Å². The molecule has 1 aliphatic rings. The van der Waals surface area contributed by atoms with Gasteiger partial charge in [0.25, 0.3) is 5.91 Å². The second-order valence-electron chi connectivity index (χ2n) is 9.81. The molecule has 0 aliphatic carbocycles. The van der Waals surface area contributed by atoms with Gasteiger partial charge in [-0.15, -0.1) is 0 Å². The maximum Gasteiger partial charge on any atom is 0.273 e. The monoisotopic (exact) mass is 540 g/mol. The quantitative estimate of drug-likeness (QED) is 0.340. The van der Waals surface area contributed by atoms with Crippen LogP contribution in [0.15, 0.2) is 78.9 Å². The number of rotatable bonds is 9. The lowest BCUT2D eigenvalue weighted by atomic mass is 9.93. The van der Waals surface area contributed by atoms with Crippen LogP contribution < -0.4 is 19.5 Å². The van der Waals surface area contributed by atoms with Gasteiger partial charge in [0.1, 0.15) is 28.5 Å². The van der Waals surface area contributed by atoms with Gasteiger partial charge in [-0.1, -0.05) is 30.3 Å². The number of amides is 2. The Morgan fingerprint density at radius 2 is 1.62 bits per heavy atom. The normalized spacial score (nSPS) is 16.3. The number of aromatic nitrogens is 2. The Morgan fingerprint density at radius 3 is 2.30 bits per heavy atom. The zero-order chi connectivity index (χ0) is 28.3. The van der Waals surface area contributed by atoms with Crippen molar-refractivity contribution in [1.29, 1.82) is 0 Å². The fourth-order valence-corrected chi connectivity index (χ4v) is 4.91. The van der Waals surface area contributed by atoms with Gasteiger partial charge >= 0.3 is 0 Å². The summed E-state index contributed by atoms with van der Waals surface area (Å²) < 4.78 is 17.8. The number of hydrogen-bond acceptors (Lipinski definition) is 6. The number of nitrogens with one attached hydrogen (secondary N) is 1. The van der Waals surface area contributed by atoms with Gasteiger partial charge in [-0.25, -0.2) is 0 Å². The zero-order valence-electron chi connectivity index (χ0n) is 23.0. The van der Waals surface area contributed by atoms with E-state index < -0.39 is 5.54 Å². The van der Waals surface area contributed by atoms with Crippen molar-refractivity contribution in [3.05, 3.63) is 95.7 Å². The number of nitrogens with zero attached hydrogens (tertiary/aromatic N) is 3. The Bertz CT molecular complexity index is 1520. The van der Waals surface area contributed by atoms with Crippen LogP contribution >= 0.6 is 0 Å². The van der Waals surface area contributed by atoms with Gasteiger partial charge in [-0.3, -0.25) is 14.3 Å². The van der Waals surface area contributed by atoms with Crippen LogP contribution in [0.3, 0.4) is 0 Å². The van der Waals surface area contributed by atoms with E-state index in [0.717, 1.165) is 22.4 Å². The molecular formula is C31H32N4O5. The van der Waals surface area contributed by atoms with E-state index in [2.05, 4.69) is 5.32 Å². The van der Waals surface area contributed by atoms with Gasteiger partial charge in [0.15, 0.2) is 0 Å². The summed E-state index contributed by atoms with van der Waals surface area (Å²) in [5.41, 5.74) is 2.38. The van der Waals surface area contributed by atoms with Crippen molar-refractivity contribution in [2.45, 2.75) is 32.1 Å². The van der Waals surface area contributed by atoms with E-state index in [1.54, 1.807) is 50.0 Å². The molecule has 2 amide bonds. The van der Waals surface area contributed by atoms with Crippen molar-refractivity contribution in [1.82, 2.24) is 20.0 Å². The summed E-state index contributed by atoms with van der Waals surface area (Å²) in [4.78, 5) is 29.5. The first-order chi connectivity index (χ1) is 19.4. The maximum absolute atomic E-state index is 14.1. The summed E-state index contributed by atoms with van der Waals surface area (Å²) >= 11 is 0. The van der Waals surface area contributed by atoms with Crippen molar-refractivity contribution < 1.29 is 23.8 Å². The van der Waals surface area contributed by atoms with Gasteiger partial charge in [-0.05, 0) is 55.0 Å². The molecule has 0 saturated carbocycles. The topological polar surface area (TPSA) is 94.9 Å². The number of ether oxygens (including phenoxy) is 3. The van der Waals surface area contributed by atoms with E-state index in [9.17, 15) is 9.59 Å². The van der Waals surface area contributed by atoms with Crippen molar-refractivity contribution in [2.24, 2.45) is 0 Å². The van der Waals surface area contributed by atoms with E-state index in [1.165, 1.54) is 0 Å². The highest BCUT2D eigenvalue weighted by molar-refractivity contribution is 6.00. The molecule has 0 saturated heterocycles. The fourth-order valence-electron chi connectivity index (χ4n) is 4.91. The molecule has 3 aromatic carbocycles. The van der Waals surface area contributed by atoms with Crippen LogP contribution in [0.2, 0.25) is 0 Å². The summed E-state index contributed by atoms with van der Waals surface area (Å²) in [5, 5.41) is 7.76. The Morgan fingerprint density at radius 1 is 0.925 bits per heavy atom. The third-order valence-electron chi connectivity index (χ3n) is 7.29. The molecule has 40 heavy (non-hydrogen) atoms. The van der Waals surface area contributed by atoms with E-state index >= 15 is 0 Å². The summed E-state index contributed by atoms with van der Waals surface area (Å²) in [6.07, 6.45) is 0. The molecule has 0 fully saturated rings. The molecule has 9 nitrogen and oxygen atoms in total. The molecule has 1 aromatic heterocycles. The predicted octanol–water partition coefficient (Wildman–Crippen LogP) is 4.31. The minimum Gasteiger partial charge on any atom is -0.497 e. The van der Waals surface area contributed by atoms with Crippen LogP contribution in [0.25, 0.3) is 11.3 Å². The lowest BCUT2D eigenvalue weighted by Gasteiger charge is -2.43. The molecule has 1 aliphatic heterocycles. The zero-order valence-corrected chi connectivity index (χ0v) is 23.0. The average Bonchev–Trinajstić information content (AvgIpc) is 3.42. The van der Waals surface area contributed by atoms with Crippen LogP contribution in [-0.2, 0) is 24.4 Å². The van der Waals surface area contributed by atoms with Crippen LogP contribution in [0.1, 0.15) is 28.5 Å². The minimum atomic E-state index is -1.23. The van der Waals surface area contributed by atoms with Crippen LogP contribution in [0, 0.1) is 0 Å². The molecule has 1 N–H and O–H groups in total. The summed E-state index contributed by atoms with van der Waals surface area (Å²) in [7, 11) is 4.76. The SMILES string of the molecule is COc1ccc(-c2cc3n(n2)C[C@](C)(C(=O)NCc2ccccc2)N(Cc2ccc(OC)cc2OC)C3=O)cc1. The summed E-state index contributed by atoms with van der Waals surface area (Å²) in [6, 6.07) is 24.3. The molecular weight excluding hydrogens is 508 g/mol. The molecule has 0 bridgehead atoms. The first-order valence-corrected chi connectivity index (χ1v) is 12.9.